The van der Waals surface area contributed by atoms with Crippen molar-refractivity contribution >= 4 is 54.1 Å². The highest BCUT2D eigenvalue weighted by Crippen LogP contribution is 2.12. The lowest BCUT2D eigenvalue weighted by Gasteiger charge is -2.24. The summed E-state index contributed by atoms with van der Waals surface area (Å²) < 4.78 is 0. The summed E-state index contributed by atoms with van der Waals surface area (Å²) >= 11 is 5.48. The third-order valence-electron chi connectivity index (χ3n) is 4.79. The van der Waals surface area contributed by atoms with E-state index in [1.165, 1.54) is 36.0 Å². The second-order valence-electron chi connectivity index (χ2n) is 7.56. The molecule has 1 rings (SSSR count). The zero-order chi connectivity index (χ0) is 26.5. The van der Waals surface area contributed by atoms with E-state index < -0.39 is 60.2 Å². The lowest BCUT2D eigenvalue weighted by molar-refractivity contribution is -0.143. The Morgan fingerprint density at radius 1 is 0.943 bits per heavy atom. The molecule has 4 atom stereocenters. The molecule has 0 radical (unpaired) electrons. The van der Waals surface area contributed by atoms with Crippen LogP contribution in [0, 0.1) is 0 Å². The average Bonchev–Trinajstić information content (AvgIpc) is 2.80. The van der Waals surface area contributed by atoms with Gasteiger partial charge in [-0.15, -0.1) is 0 Å². The molecule has 0 aromatic heterocycles. The van der Waals surface area contributed by atoms with E-state index in [-0.39, 0.29) is 17.9 Å². The number of thiol groups is 1. The van der Waals surface area contributed by atoms with E-state index in [1.807, 2.05) is 6.26 Å². The number of hydrogen-bond donors (Lipinski definition) is 8. The van der Waals surface area contributed by atoms with Crippen molar-refractivity contribution in [2.45, 2.75) is 43.4 Å². The van der Waals surface area contributed by atoms with Gasteiger partial charge in [0.15, 0.2) is 0 Å². The molecule has 4 unspecified atom stereocenters. The molecule has 0 saturated carbocycles. The number of carboxylic acid groups (broad SMARTS) is 2. The fourth-order valence-electron chi connectivity index (χ4n) is 2.85. The van der Waals surface area contributed by atoms with Crippen LogP contribution in [0.2, 0.25) is 0 Å². The van der Waals surface area contributed by atoms with Crippen LogP contribution in [0.4, 0.5) is 0 Å². The topological polar surface area (TPSA) is 208 Å². The van der Waals surface area contributed by atoms with Gasteiger partial charge in [0.2, 0.25) is 17.7 Å². The minimum absolute atomic E-state index is 0.00396. The molecule has 194 valence electrons. The lowest BCUT2D eigenvalue weighted by Crippen LogP contribution is -2.58. The Hall–Kier alpha value is -2.97. The van der Waals surface area contributed by atoms with Crippen LogP contribution in [0.25, 0.3) is 0 Å². The number of carbonyl (C=O) groups excluding carboxylic acids is 3. The van der Waals surface area contributed by atoms with Gasteiger partial charge in [-0.2, -0.15) is 24.4 Å². The number of thioether (sulfide) groups is 1. The SMILES string of the molecule is CSCCC(N)C(=O)NC(CC(=O)O)C(=O)NC(CS)C(=O)NC(Cc1ccc(O)cc1)C(=O)O. The van der Waals surface area contributed by atoms with E-state index in [0.29, 0.717) is 17.7 Å². The zero-order valence-electron chi connectivity index (χ0n) is 19.0. The number of nitrogens with one attached hydrogen (secondary N) is 3. The predicted octanol–water partition coefficient (Wildman–Crippen LogP) is -1.04. The van der Waals surface area contributed by atoms with Gasteiger partial charge in [-0.05, 0) is 36.1 Å². The first-order chi connectivity index (χ1) is 16.5. The van der Waals surface area contributed by atoms with Crippen LogP contribution in [0.3, 0.4) is 0 Å². The summed E-state index contributed by atoms with van der Waals surface area (Å²) in [6, 6.07) is 0.611. The third-order valence-corrected chi connectivity index (χ3v) is 5.80. The number of aromatic hydroxyl groups is 1. The Morgan fingerprint density at radius 2 is 1.49 bits per heavy atom. The summed E-state index contributed by atoms with van der Waals surface area (Å²) in [5.41, 5.74) is 6.29. The normalized spacial score (nSPS) is 14.1. The number of benzene rings is 1. The zero-order valence-corrected chi connectivity index (χ0v) is 20.7. The summed E-state index contributed by atoms with van der Waals surface area (Å²) in [5, 5.41) is 34.8. The number of aliphatic carboxylic acids is 2. The van der Waals surface area contributed by atoms with Gasteiger partial charge in [-0.1, -0.05) is 12.1 Å². The van der Waals surface area contributed by atoms with Gasteiger partial charge >= 0.3 is 11.9 Å². The smallest absolute Gasteiger partial charge is 0.326 e. The Bertz CT molecular complexity index is 900. The molecular weight excluding hydrogens is 500 g/mol. The minimum atomic E-state index is -1.51. The Kier molecular flexibility index (Phi) is 13.0. The van der Waals surface area contributed by atoms with Crippen LogP contribution in [-0.4, -0.2) is 86.9 Å². The Morgan fingerprint density at radius 3 is 2.00 bits per heavy atom. The maximum Gasteiger partial charge on any atom is 0.326 e. The van der Waals surface area contributed by atoms with Crippen LogP contribution >= 0.6 is 24.4 Å². The van der Waals surface area contributed by atoms with Crippen molar-refractivity contribution < 1.29 is 39.3 Å². The summed E-state index contributed by atoms with van der Waals surface area (Å²) in [6.07, 6.45) is 1.29. The molecule has 3 amide bonds. The second kappa shape index (κ2) is 15.1. The number of nitrogens with two attached hydrogens (primary N) is 1. The highest BCUT2D eigenvalue weighted by molar-refractivity contribution is 7.98. The molecule has 0 heterocycles. The molecule has 1 aromatic rings. The molecule has 0 bridgehead atoms. The first kappa shape index (κ1) is 30.1. The fraction of sp³-hybridized carbons (Fsp3) is 0.476. The number of carboxylic acids is 2. The van der Waals surface area contributed by atoms with E-state index in [2.05, 4.69) is 28.6 Å². The average molecular weight is 531 g/mol. The maximum atomic E-state index is 12.7. The Labute approximate surface area is 211 Å². The number of phenols is 1. The molecule has 0 aliphatic carbocycles. The van der Waals surface area contributed by atoms with Crippen molar-refractivity contribution in [2.24, 2.45) is 5.73 Å². The Balaban J connectivity index is 2.86. The van der Waals surface area contributed by atoms with Gasteiger partial charge in [0, 0.05) is 12.2 Å². The summed E-state index contributed by atoms with van der Waals surface area (Å²) in [5.74, 6) is -4.89. The minimum Gasteiger partial charge on any atom is -0.508 e. The van der Waals surface area contributed by atoms with Crippen molar-refractivity contribution in [1.29, 1.82) is 0 Å². The van der Waals surface area contributed by atoms with E-state index in [1.54, 1.807) is 0 Å². The quantitative estimate of drug-likeness (QED) is 0.129. The molecule has 0 saturated heterocycles. The third kappa shape index (κ3) is 10.9. The van der Waals surface area contributed by atoms with Crippen LogP contribution < -0.4 is 21.7 Å². The number of hydrogen-bond acceptors (Lipinski definition) is 9. The molecule has 0 fully saturated rings. The van der Waals surface area contributed by atoms with Crippen molar-refractivity contribution in [3.8, 4) is 5.75 Å². The van der Waals surface area contributed by atoms with Gasteiger partial charge in [-0.25, -0.2) is 4.79 Å². The maximum absolute atomic E-state index is 12.7. The summed E-state index contributed by atoms with van der Waals surface area (Å²) in [4.78, 5) is 60.4. The van der Waals surface area contributed by atoms with Crippen LogP contribution in [0.5, 0.6) is 5.75 Å². The summed E-state index contributed by atoms with van der Waals surface area (Å²) in [6.45, 7) is 0. The molecule has 0 spiro atoms. The molecule has 0 aliphatic rings. The van der Waals surface area contributed by atoms with Gasteiger partial charge in [0.05, 0.1) is 12.5 Å². The standard InChI is InChI=1S/C21H30N4O8S2/c1-35-7-6-13(22)18(29)23-14(9-17(27)28)19(30)25-16(10-34)20(31)24-15(21(32)33)8-11-2-4-12(26)5-3-11/h2-5,13-16,26,34H,6-10,22H2,1H3,(H,23,29)(H,24,31)(H,25,30)(H,27,28)(H,32,33). The van der Waals surface area contributed by atoms with E-state index >= 15 is 0 Å². The van der Waals surface area contributed by atoms with Crippen molar-refractivity contribution in [2.75, 3.05) is 17.8 Å². The van der Waals surface area contributed by atoms with Crippen LogP contribution in [0.15, 0.2) is 24.3 Å². The molecular formula is C21H30N4O8S2. The molecule has 35 heavy (non-hydrogen) atoms. The van der Waals surface area contributed by atoms with E-state index in [9.17, 15) is 34.2 Å². The number of amides is 3. The van der Waals surface area contributed by atoms with Gasteiger partial charge < -0.3 is 37.0 Å². The van der Waals surface area contributed by atoms with Crippen LogP contribution in [-0.2, 0) is 30.4 Å². The van der Waals surface area contributed by atoms with Crippen molar-refractivity contribution in [1.82, 2.24) is 16.0 Å². The predicted molar refractivity (Wildman–Crippen MR) is 132 cm³/mol. The highest BCUT2D eigenvalue weighted by atomic mass is 32.2. The number of rotatable bonds is 15. The molecule has 0 aliphatic heterocycles. The first-order valence-corrected chi connectivity index (χ1v) is 12.5. The van der Waals surface area contributed by atoms with Crippen LogP contribution in [0.1, 0.15) is 18.4 Å². The number of phenolic OH excluding ortho intramolecular Hbond substituents is 1. The first-order valence-electron chi connectivity index (χ1n) is 10.5. The molecule has 1 aromatic carbocycles. The largest absolute Gasteiger partial charge is 0.508 e. The molecule has 12 nitrogen and oxygen atoms in total. The summed E-state index contributed by atoms with van der Waals surface area (Å²) in [7, 11) is 0. The van der Waals surface area contributed by atoms with Crippen molar-refractivity contribution in [3.63, 3.8) is 0 Å². The number of carbonyl (C=O) groups is 5. The highest BCUT2D eigenvalue weighted by Gasteiger charge is 2.31. The van der Waals surface area contributed by atoms with E-state index in [0.717, 1.165) is 0 Å². The monoisotopic (exact) mass is 530 g/mol. The van der Waals surface area contributed by atoms with Gasteiger partial charge in [-0.3, -0.25) is 19.2 Å². The lowest BCUT2D eigenvalue weighted by atomic mass is 10.1. The van der Waals surface area contributed by atoms with Gasteiger partial charge in [0.1, 0.15) is 23.9 Å². The fourth-order valence-corrected chi connectivity index (χ4v) is 3.59. The molecule has 14 heteroatoms. The van der Waals surface area contributed by atoms with Gasteiger partial charge in [0.25, 0.3) is 0 Å². The second-order valence-corrected chi connectivity index (χ2v) is 8.91. The van der Waals surface area contributed by atoms with Crippen molar-refractivity contribution in [3.05, 3.63) is 29.8 Å². The van der Waals surface area contributed by atoms with E-state index in [4.69, 9.17) is 10.8 Å². The molecule has 8 N–H and O–H groups in total.